The van der Waals surface area contributed by atoms with Crippen molar-refractivity contribution in [3.05, 3.63) is 80.1 Å². The van der Waals surface area contributed by atoms with Gasteiger partial charge in [-0.15, -0.1) is 5.10 Å². The summed E-state index contributed by atoms with van der Waals surface area (Å²) in [4.78, 5) is 17.8. The Morgan fingerprint density at radius 2 is 1.96 bits per heavy atom. The average Bonchev–Trinajstić information content (AvgIpc) is 3.16. The summed E-state index contributed by atoms with van der Waals surface area (Å²) < 4.78 is 2.05. The Morgan fingerprint density at radius 3 is 2.64 bits per heavy atom. The maximum Gasteiger partial charge on any atom is 0.291 e. The van der Waals surface area contributed by atoms with Crippen LogP contribution >= 0.6 is 11.3 Å². The summed E-state index contributed by atoms with van der Waals surface area (Å²) in [5, 5.41) is 4.40. The van der Waals surface area contributed by atoms with E-state index in [-0.39, 0.29) is 5.56 Å². The minimum absolute atomic E-state index is 0.119. The molecule has 5 heteroatoms. The summed E-state index contributed by atoms with van der Waals surface area (Å²) in [7, 11) is 0. The highest BCUT2D eigenvalue weighted by Gasteiger charge is 2.11. The number of hydrogen-bond donors (Lipinski definition) is 0. The number of fused-ring (bicyclic) bond motifs is 1. The van der Waals surface area contributed by atoms with E-state index >= 15 is 0 Å². The maximum atomic E-state index is 12.6. The zero-order valence-electron chi connectivity index (χ0n) is 14.1. The SMILES string of the molecule is CCc1ccc(C=c2sc3nc(-c4cccc(C)c4)nn3c2=O)cc1. The lowest BCUT2D eigenvalue weighted by molar-refractivity contribution is 0.936. The monoisotopic (exact) mass is 347 g/mol. The largest absolute Gasteiger partial charge is 0.291 e. The van der Waals surface area contributed by atoms with E-state index in [1.54, 1.807) is 0 Å². The van der Waals surface area contributed by atoms with E-state index in [1.165, 1.54) is 21.4 Å². The second-order valence-corrected chi connectivity index (χ2v) is 7.02. The van der Waals surface area contributed by atoms with Gasteiger partial charge in [0.15, 0.2) is 5.82 Å². The van der Waals surface area contributed by atoms with Crippen molar-refractivity contribution in [2.75, 3.05) is 0 Å². The van der Waals surface area contributed by atoms with E-state index in [0.717, 1.165) is 23.1 Å². The predicted molar refractivity (Wildman–Crippen MR) is 102 cm³/mol. The Kier molecular flexibility index (Phi) is 3.93. The number of nitrogens with zero attached hydrogens (tertiary/aromatic N) is 3. The van der Waals surface area contributed by atoms with E-state index < -0.39 is 0 Å². The fourth-order valence-corrected chi connectivity index (χ4v) is 3.65. The number of rotatable bonds is 3. The summed E-state index contributed by atoms with van der Waals surface area (Å²) in [5.41, 5.74) is 4.24. The number of thiazole rings is 1. The number of aryl methyl sites for hydroxylation is 2. The van der Waals surface area contributed by atoms with Gasteiger partial charge in [0.05, 0.1) is 4.53 Å². The Hall–Kier alpha value is -2.79. The lowest BCUT2D eigenvalue weighted by Gasteiger charge is -1.96. The highest BCUT2D eigenvalue weighted by molar-refractivity contribution is 7.15. The lowest BCUT2D eigenvalue weighted by atomic mass is 10.1. The van der Waals surface area contributed by atoms with Gasteiger partial charge >= 0.3 is 0 Å². The minimum atomic E-state index is -0.119. The summed E-state index contributed by atoms with van der Waals surface area (Å²) in [6.45, 7) is 4.15. The molecule has 25 heavy (non-hydrogen) atoms. The summed E-state index contributed by atoms with van der Waals surface area (Å²) in [5.74, 6) is 0.589. The topological polar surface area (TPSA) is 47.3 Å². The van der Waals surface area contributed by atoms with Crippen LogP contribution in [0.1, 0.15) is 23.6 Å². The van der Waals surface area contributed by atoms with Crippen LogP contribution in [-0.2, 0) is 6.42 Å². The van der Waals surface area contributed by atoms with Crippen LogP contribution in [-0.4, -0.2) is 14.6 Å². The molecule has 0 saturated heterocycles. The molecule has 4 aromatic rings. The van der Waals surface area contributed by atoms with Gasteiger partial charge in [0.2, 0.25) is 4.96 Å². The van der Waals surface area contributed by atoms with E-state index in [4.69, 9.17) is 0 Å². The van der Waals surface area contributed by atoms with Gasteiger partial charge in [-0.05, 0) is 36.6 Å². The normalized spacial score (nSPS) is 12.2. The van der Waals surface area contributed by atoms with Gasteiger partial charge in [0.1, 0.15) is 0 Å². The molecule has 4 rings (SSSR count). The molecule has 0 atom stereocenters. The molecule has 0 radical (unpaired) electrons. The second-order valence-electron chi connectivity index (χ2n) is 6.01. The predicted octanol–water partition coefficient (Wildman–Crippen LogP) is 3.24. The molecule has 0 unspecified atom stereocenters. The van der Waals surface area contributed by atoms with Gasteiger partial charge in [0.25, 0.3) is 5.56 Å². The van der Waals surface area contributed by atoms with Crippen molar-refractivity contribution in [3.63, 3.8) is 0 Å². The van der Waals surface area contributed by atoms with Gasteiger partial charge in [-0.2, -0.15) is 9.50 Å². The molecular weight excluding hydrogens is 330 g/mol. The van der Waals surface area contributed by atoms with Crippen molar-refractivity contribution < 1.29 is 0 Å². The van der Waals surface area contributed by atoms with Crippen molar-refractivity contribution in [3.8, 4) is 11.4 Å². The first-order valence-corrected chi connectivity index (χ1v) is 9.03. The first-order valence-electron chi connectivity index (χ1n) is 8.21. The van der Waals surface area contributed by atoms with Gasteiger partial charge in [-0.25, -0.2) is 0 Å². The van der Waals surface area contributed by atoms with Crippen molar-refractivity contribution >= 4 is 22.4 Å². The van der Waals surface area contributed by atoms with Crippen LogP contribution in [0.15, 0.2) is 53.3 Å². The zero-order valence-corrected chi connectivity index (χ0v) is 14.9. The first-order chi connectivity index (χ1) is 12.1. The molecule has 2 heterocycles. The molecule has 0 N–H and O–H groups in total. The molecule has 0 aliphatic rings. The standard InChI is InChI=1S/C20H17N3OS/c1-3-14-7-9-15(10-8-14)12-17-19(24)23-20(25-17)21-18(22-23)16-6-4-5-13(2)11-16/h4-12H,3H2,1-2H3. The Balaban J connectivity index is 1.77. The van der Waals surface area contributed by atoms with Crippen LogP contribution in [0.25, 0.3) is 22.4 Å². The van der Waals surface area contributed by atoms with E-state index in [1.807, 2.05) is 49.4 Å². The average molecular weight is 347 g/mol. The van der Waals surface area contributed by atoms with Crippen LogP contribution in [0.5, 0.6) is 0 Å². The summed E-state index contributed by atoms with van der Waals surface area (Å²) in [6.07, 6.45) is 2.90. The second kappa shape index (κ2) is 6.26. The molecule has 2 aromatic heterocycles. The van der Waals surface area contributed by atoms with Crippen molar-refractivity contribution in [1.29, 1.82) is 0 Å². The molecule has 0 spiro atoms. The maximum absolute atomic E-state index is 12.6. The fraction of sp³-hybridized carbons (Fsp3) is 0.150. The molecule has 0 saturated carbocycles. The third-order valence-corrected chi connectivity index (χ3v) is 5.10. The fourth-order valence-electron chi connectivity index (χ4n) is 2.74. The van der Waals surface area contributed by atoms with E-state index in [9.17, 15) is 4.79 Å². The highest BCUT2D eigenvalue weighted by Crippen LogP contribution is 2.17. The molecule has 0 aliphatic heterocycles. The molecule has 4 nitrogen and oxygen atoms in total. The van der Waals surface area contributed by atoms with Crippen LogP contribution in [0.4, 0.5) is 0 Å². The van der Waals surface area contributed by atoms with Gasteiger partial charge in [-0.3, -0.25) is 4.79 Å². The van der Waals surface area contributed by atoms with Gasteiger partial charge in [-0.1, -0.05) is 66.3 Å². The molecular formula is C20H17N3OS. The van der Waals surface area contributed by atoms with E-state index in [2.05, 4.69) is 29.1 Å². The summed E-state index contributed by atoms with van der Waals surface area (Å²) >= 11 is 1.37. The van der Waals surface area contributed by atoms with Gasteiger partial charge in [0, 0.05) is 5.56 Å². The Labute approximate surface area is 149 Å². The first kappa shape index (κ1) is 15.7. The van der Waals surface area contributed by atoms with E-state index in [0.29, 0.717) is 15.3 Å². The molecule has 2 aromatic carbocycles. The number of hydrogen-bond acceptors (Lipinski definition) is 4. The van der Waals surface area contributed by atoms with Crippen LogP contribution in [0.3, 0.4) is 0 Å². The number of benzene rings is 2. The molecule has 0 aliphatic carbocycles. The minimum Gasteiger partial charge on any atom is -0.266 e. The van der Waals surface area contributed by atoms with Gasteiger partial charge < -0.3 is 0 Å². The Bertz CT molecular complexity index is 1160. The number of aromatic nitrogens is 3. The van der Waals surface area contributed by atoms with Crippen LogP contribution in [0.2, 0.25) is 0 Å². The van der Waals surface area contributed by atoms with Crippen LogP contribution < -0.4 is 10.1 Å². The van der Waals surface area contributed by atoms with Crippen molar-refractivity contribution in [1.82, 2.24) is 14.6 Å². The lowest BCUT2D eigenvalue weighted by Crippen LogP contribution is -2.23. The van der Waals surface area contributed by atoms with Crippen molar-refractivity contribution in [2.45, 2.75) is 20.3 Å². The quantitative estimate of drug-likeness (QED) is 0.572. The Morgan fingerprint density at radius 1 is 1.16 bits per heavy atom. The molecule has 0 fully saturated rings. The molecule has 0 amide bonds. The third-order valence-electron chi connectivity index (χ3n) is 4.14. The zero-order chi connectivity index (χ0) is 17.4. The third kappa shape index (κ3) is 2.98. The highest BCUT2D eigenvalue weighted by atomic mass is 32.1. The molecule has 0 bridgehead atoms. The smallest absolute Gasteiger partial charge is 0.266 e. The van der Waals surface area contributed by atoms with Crippen molar-refractivity contribution in [2.24, 2.45) is 0 Å². The summed E-state index contributed by atoms with van der Waals surface area (Å²) in [6, 6.07) is 16.2. The van der Waals surface area contributed by atoms with Crippen LogP contribution in [0, 0.1) is 6.92 Å². The molecule has 124 valence electrons.